The van der Waals surface area contributed by atoms with E-state index in [0.717, 1.165) is 16.5 Å². The molecule has 0 amide bonds. The number of hydrogen-bond acceptors (Lipinski definition) is 5. The number of nitrogens with zero attached hydrogens (tertiary/aromatic N) is 1. The van der Waals surface area contributed by atoms with E-state index >= 15 is 0 Å². The van der Waals surface area contributed by atoms with Gasteiger partial charge in [-0.15, -0.1) is 0 Å². The maximum Gasteiger partial charge on any atom is 0.343 e. The number of aromatic nitrogens is 1. The quantitative estimate of drug-likeness (QED) is 0.492. The van der Waals surface area contributed by atoms with Crippen molar-refractivity contribution >= 4 is 16.7 Å². The number of rotatable bonds is 5. The third-order valence-corrected chi connectivity index (χ3v) is 4.58. The summed E-state index contributed by atoms with van der Waals surface area (Å²) in [5, 5.41) is 11.4. The molecule has 0 atom stereocenters. The van der Waals surface area contributed by atoms with E-state index in [1.165, 1.54) is 6.20 Å². The van der Waals surface area contributed by atoms with Gasteiger partial charge >= 0.3 is 5.97 Å². The van der Waals surface area contributed by atoms with Crippen LogP contribution in [0.5, 0.6) is 17.2 Å². The summed E-state index contributed by atoms with van der Waals surface area (Å²) < 4.78 is 12.5. The topological polar surface area (TPSA) is 77.8 Å². The Morgan fingerprint density at radius 1 is 1.00 bits per heavy atom. The number of benzene rings is 3. The van der Waals surface area contributed by atoms with Crippen molar-refractivity contribution in [2.75, 3.05) is 6.61 Å². The van der Waals surface area contributed by atoms with Crippen molar-refractivity contribution in [2.24, 2.45) is 0 Å². The van der Waals surface area contributed by atoms with Crippen molar-refractivity contribution in [1.29, 1.82) is 0 Å². The first-order valence-electron chi connectivity index (χ1n) is 9.45. The zero-order valence-electron chi connectivity index (χ0n) is 16.2. The Morgan fingerprint density at radius 3 is 2.57 bits per heavy atom. The van der Waals surface area contributed by atoms with Gasteiger partial charge in [0, 0.05) is 11.6 Å². The lowest BCUT2D eigenvalue weighted by Crippen LogP contribution is -2.21. The Labute approximate surface area is 172 Å². The van der Waals surface area contributed by atoms with Gasteiger partial charge in [0.1, 0.15) is 17.1 Å². The summed E-state index contributed by atoms with van der Waals surface area (Å²) in [6.45, 7) is 1.83. The Hall–Kier alpha value is -4.06. The lowest BCUT2D eigenvalue weighted by Gasteiger charge is -2.14. The average molecular weight is 401 g/mol. The Morgan fingerprint density at radius 2 is 1.80 bits per heavy atom. The van der Waals surface area contributed by atoms with Gasteiger partial charge in [-0.2, -0.15) is 0 Å². The van der Waals surface area contributed by atoms with Gasteiger partial charge < -0.3 is 19.1 Å². The molecule has 0 aliphatic carbocycles. The number of hydrogen-bond donors (Lipinski definition) is 1. The summed E-state index contributed by atoms with van der Waals surface area (Å²) in [6, 6.07) is 19.4. The lowest BCUT2D eigenvalue weighted by molar-refractivity contribution is 0.0523. The number of carbonyl (C=O) groups is 1. The fourth-order valence-corrected chi connectivity index (χ4v) is 3.21. The molecule has 6 heteroatoms. The Kier molecular flexibility index (Phi) is 5.22. The number of carbonyl (C=O) groups excluding carboxylic acids is 1. The maximum atomic E-state index is 12.9. The molecule has 0 spiro atoms. The molecular formula is C24H19NO5. The van der Waals surface area contributed by atoms with Crippen molar-refractivity contribution in [2.45, 2.75) is 6.92 Å². The van der Waals surface area contributed by atoms with Crippen LogP contribution in [0.4, 0.5) is 0 Å². The highest BCUT2D eigenvalue weighted by molar-refractivity contribution is 5.92. The standard InChI is InChI=1S/C24H19NO5/c1-2-29-24(28)20-14-25(15-22(23(20)27)30-18-8-4-3-5-9-18)21-10-6-7-16-13-17(26)11-12-19(16)21/h3-15,26H,2H2,1H3. The van der Waals surface area contributed by atoms with Crippen LogP contribution in [0.15, 0.2) is 83.9 Å². The number of esters is 1. The second kappa shape index (κ2) is 8.13. The van der Waals surface area contributed by atoms with Crippen LogP contribution in [0.1, 0.15) is 17.3 Å². The van der Waals surface area contributed by atoms with E-state index in [-0.39, 0.29) is 23.7 Å². The van der Waals surface area contributed by atoms with E-state index in [2.05, 4.69) is 0 Å². The number of phenolic OH excluding ortho intramolecular Hbond substituents is 1. The third-order valence-electron chi connectivity index (χ3n) is 4.58. The first-order chi connectivity index (χ1) is 14.6. The van der Waals surface area contributed by atoms with Gasteiger partial charge in [-0.05, 0) is 48.7 Å². The molecule has 1 heterocycles. The van der Waals surface area contributed by atoms with Gasteiger partial charge in [0.2, 0.25) is 5.43 Å². The minimum absolute atomic E-state index is 0.00235. The highest BCUT2D eigenvalue weighted by atomic mass is 16.5. The first-order valence-corrected chi connectivity index (χ1v) is 9.45. The van der Waals surface area contributed by atoms with Gasteiger partial charge in [-0.25, -0.2) is 4.79 Å². The van der Waals surface area contributed by atoms with E-state index in [4.69, 9.17) is 9.47 Å². The van der Waals surface area contributed by atoms with Gasteiger partial charge in [0.05, 0.1) is 18.5 Å². The van der Waals surface area contributed by atoms with Gasteiger partial charge in [-0.3, -0.25) is 4.79 Å². The molecule has 1 N–H and O–H groups in total. The molecule has 0 saturated heterocycles. The number of aromatic hydroxyl groups is 1. The van der Waals surface area contributed by atoms with E-state index in [0.29, 0.717) is 5.75 Å². The second-order valence-electron chi connectivity index (χ2n) is 6.59. The smallest absolute Gasteiger partial charge is 0.343 e. The van der Waals surface area contributed by atoms with Crippen LogP contribution in [0, 0.1) is 0 Å². The van der Waals surface area contributed by atoms with Crippen LogP contribution < -0.4 is 10.2 Å². The van der Waals surface area contributed by atoms with Crippen LogP contribution in [0.3, 0.4) is 0 Å². The SMILES string of the molecule is CCOC(=O)c1cn(-c2cccc3cc(O)ccc23)cc(Oc2ccccc2)c1=O. The van der Waals surface area contributed by atoms with Crippen LogP contribution in [-0.4, -0.2) is 22.2 Å². The van der Waals surface area contributed by atoms with E-state index in [9.17, 15) is 14.7 Å². The third kappa shape index (κ3) is 3.75. The summed E-state index contributed by atoms with van der Waals surface area (Å²) in [5.41, 5.74) is 0.0449. The molecule has 0 unspecified atom stereocenters. The lowest BCUT2D eigenvalue weighted by atomic mass is 10.1. The number of fused-ring (bicyclic) bond motifs is 1. The van der Waals surface area contributed by atoms with Crippen LogP contribution in [-0.2, 0) is 4.74 Å². The zero-order valence-corrected chi connectivity index (χ0v) is 16.2. The monoisotopic (exact) mass is 401 g/mol. The van der Waals surface area contributed by atoms with E-state index < -0.39 is 11.4 Å². The predicted molar refractivity (Wildman–Crippen MR) is 114 cm³/mol. The van der Waals surface area contributed by atoms with Crippen molar-refractivity contribution in [3.05, 3.63) is 94.9 Å². The summed E-state index contributed by atoms with van der Waals surface area (Å²) in [4.78, 5) is 25.3. The van der Waals surface area contributed by atoms with Crippen LogP contribution in [0.25, 0.3) is 16.5 Å². The molecule has 0 aliphatic rings. The Bertz CT molecular complexity index is 1280. The summed E-state index contributed by atoms with van der Waals surface area (Å²) in [5.74, 6) is -0.0833. The maximum absolute atomic E-state index is 12.9. The summed E-state index contributed by atoms with van der Waals surface area (Å²) in [6.07, 6.45) is 2.99. The summed E-state index contributed by atoms with van der Waals surface area (Å²) >= 11 is 0. The van der Waals surface area contributed by atoms with Gasteiger partial charge in [-0.1, -0.05) is 30.3 Å². The van der Waals surface area contributed by atoms with Crippen LogP contribution >= 0.6 is 0 Å². The number of pyridine rings is 1. The van der Waals surface area contributed by atoms with Crippen molar-refractivity contribution in [1.82, 2.24) is 4.57 Å². The fraction of sp³-hybridized carbons (Fsp3) is 0.0833. The highest BCUT2D eigenvalue weighted by Crippen LogP contribution is 2.27. The molecule has 6 nitrogen and oxygen atoms in total. The average Bonchev–Trinajstić information content (AvgIpc) is 2.75. The van der Waals surface area contributed by atoms with Crippen molar-refractivity contribution in [3.8, 4) is 22.9 Å². The van der Waals surface area contributed by atoms with Crippen molar-refractivity contribution in [3.63, 3.8) is 0 Å². The predicted octanol–water partition coefficient (Wildman–Crippen LogP) is 4.67. The van der Waals surface area contributed by atoms with E-state index in [1.807, 2.05) is 24.3 Å². The highest BCUT2D eigenvalue weighted by Gasteiger charge is 2.18. The minimum atomic E-state index is -0.715. The fourth-order valence-electron chi connectivity index (χ4n) is 3.21. The molecule has 4 rings (SSSR count). The van der Waals surface area contributed by atoms with Gasteiger partial charge in [0.25, 0.3) is 0 Å². The molecule has 0 bridgehead atoms. The zero-order chi connectivity index (χ0) is 21.1. The van der Waals surface area contributed by atoms with Crippen LogP contribution in [0.2, 0.25) is 0 Å². The minimum Gasteiger partial charge on any atom is -0.508 e. The van der Waals surface area contributed by atoms with Gasteiger partial charge in [0.15, 0.2) is 5.75 Å². The molecule has 30 heavy (non-hydrogen) atoms. The Balaban J connectivity index is 1.92. The molecule has 0 saturated carbocycles. The molecule has 0 fully saturated rings. The first kappa shape index (κ1) is 19.3. The number of ether oxygens (including phenoxy) is 2. The molecule has 3 aromatic carbocycles. The molecule has 4 aromatic rings. The van der Waals surface area contributed by atoms with Crippen molar-refractivity contribution < 1.29 is 19.4 Å². The largest absolute Gasteiger partial charge is 0.508 e. The number of phenols is 1. The normalized spacial score (nSPS) is 10.7. The number of para-hydroxylation sites is 1. The summed E-state index contributed by atoms with van der Waals surface area (Å²) in [7, 11) is 0. The second-order valence-corrected chi connectivity index (χ2v) is 6.59. The molecular weight excluding hydrogens is 382 g/mol. The molecule has 1 aromatic heterocycles. The molecule has 0 aliphatic heterocycles. The van der Waals surface area contributed by atoms with E-state index in [1.54, 1.807) is 60.2 Å². The molecule has 0 radical (unpaired) electrons. The molecule has 150 valence electrons.